The predicted molar refractivity (Wildman–Crippen MR) is 113 cm³/mol. The number of aromatic nitrogens is 3. The van der Waals surface area contributed by atoms with E-state index >= 15 is 0 Å². The molecule has 3 N–H and O–H groups in total. The number of fused-ring (bicyclic) bond motifs is 1. The molecule has 0 aliphatic carbocycles. The van der Waals surface area contributed by atoms with E-state index in [1.165, 1.54) is 17.5 Å². The van der Waals surface area contributed by atoms with Crippen LogP contribution in [-0.4, -0.2) is 26.6 Å². The molecule has 2 aromatic heterocycles. The molecular weight excluding hydrogens is 394 g/mol. The number of aryl methyl sites for hydroxylation is 1. The highest BCUT2D eigenvalue weighted by Crippen LogP contribution is 2.47. The van der Waals surface area contributed by atoms with Gasteiger partial charge in [-0.25, -0.2) is 9.97 Å². The number of nitrogens with two attached hydrogens (primary N) is 1. The van der Waals surface area contributed by atoms with E-state index in [0.29, 0.717) is 22.4 Å². The molecule has 3 aromatic rings. The summed E-state index contributed by atoms with van der Waals surface area (Å²) in [4.78, 5) is 15.8. The zero-order valence-electron chi connectivity index (χ0n) is 16.2. The molecule has 3 heterocycles. The quantitative estimate of drug-likeness (QED) is 0.667. The number of halogens is 1. The smallest absolute Gasteiger partial charge is 0.222 e. The van der Waals surface area contributed by atoms with Crippen LogP contribution in [0.5, 0.6) is 0 Å². The molecule has 1 aliphatic rings. The Bertz CT molecular complexity index is 1060. The van der Waals surface area contributed by atoms with Gasteiger partial charge in [-0.2, -0.15) is 4.98 Å². The SMILES string of the molecule is Cc1cnc(C(C)(O)c2ccc3c(c2)N(c2nc(N)ncc2Cl)CC3(C)C)s1. The fourth-order valence-corrected chi connectivity index (χ4v) is 4.67. The van der Waals surface area contributed by atoms with Gasteiger partial charge in [0.1, 0.15) is 15.6 Å². The standard InChI is InChI=1S/C20H22ClN5OS/c1-11-8-23-17(28-11)20(4,27)12-5-6-13-15(7-12)26(10-19(13,2)3)16-14(21)9-24-18(22)25-16/h5-9,27H,10H2,1-4H3,(H2,22,24,25). The maximum Gasteiger partial charge on any atom is 0.222 e. The van der Waals surface area contributed by atoms with Crippen molar-refractivity contribution in [3.63, 3.8) is 0 Å². The number of thiazole rings is 1. The normalized spacial score (nSPS) is 17.4. The second-order valence-electron chi connectivity index (χ2n) is 7.95. The zero-order chi connectivity index (χ0) is 20.3. The fourth-order valence-electron chi connectivity index (χ4n) is 3.65. The molecule has 0 radical (unpaired) electrons. The number of benzene rings is 1. The average Bonchev–Trinajstić information content (AvgIpc) is 3.19. The Labute approximate surface area is 173 Å². The molecule has 0 amide bonds. The first-order valence-electron chi connectivity index (χ1n) is 8.95. The van der Waals surface area contributed by atoms with Crippen molar-refractivity contribution in [3.05, 3.63) is 56.6 Å². The molecule has 6 nitrogen and oxygen atoms in total. The summed E-state index contributed by atoms with van der Waals surface area (Å²) in [5.74, 6) is 0.745. The number of rotatable bonds is 3. The lowest BCUT2D eigenvalue weighted by atomic mass is 9.85. The Hall–Kier alpha value is -2.22. The third kappa shape index (κ3) is 3.03. The first-order valence-corrected chi connectivity index (χ1v) is 10.1. The number of aliphatic hydroxyl groups is 1. The van der Waals surface area contributed by atoms with Crippen molar-refractivity contribution in [2.45, 2.75) is 38.7 Å². The molecule has 1 atom stereocenters. The third-order valence-electron chi connectivity index (χ3n) is 5.17. The van der Waals surface area contributed by atoms with E-state index in [9.17, 15) is 5.11 Å². The van der Waals surface area contributed by atoms with Crippen LogP contribution in [0.4, 0.5) is 17.5 Å². The van der Waals surface area contributed by atoms with E-state index in [1.807, 2.05) is 24.0 Å². The van der Waals surface area contributed by atoms with Gasteiger partial charge in [0.25, 0.3) is 0 Å². The first kappa shape index (κ1) is 19.1. The fraction of sp³-hybridized carbons (Fsp3) is 0.350. The highest BCUT2D eigenvalue weighted by atomic mass is 35.5. The second-order valence-corrected chi connectivity index (χ2v) is 9.59. The molecule has 1 aromatic carbocycles. The summed E-state index contributed by atoms with van der Waals surface area (Å²) in [6, 6.07) is 6.03. The van der Waals surface area contributed by atoms with Gasteiger partial charge in [-0.3, -0.25) is 0 Å². The molecule has 0 saturated heterocycles. The topological polar surface area (TPSA) is 88.2 Å². The molecule has 8 heteroatoms. The van der Waals surface area contributed by atoms with Gasteiger partial charge in [0.05, 0.1) is 6.20 Å². The van der Waals surface area contributed by atoms with Crippen LogP contribution in [-0.2, 0) is 11.0 Å². The Morgan fingerprint density at radius 3 is 2.71 bits per heavy atom. The van der Waals surface area contributed by atoms with Crippen molar-refractivity contribution >= 4 is 40.4 Å². The Morgan fingerprint density at radius 1 is 1.29 bits per heavy atom. The zero-order valence-corrected chi connectivity index (χ0v) is 17.8. The number of hydrogen-bond acceptors (Lipinski definition) is 7. The van der Waals surface area contributed by atoms with Crippen LogP contribution >= 0.6 is 22.9 Å². The molecule has 1 aliphatic heterocycles. The molecule has 0 fully saturated rings. The Kier molecular flexibility index (Phi) is 4.37. The van der Waals surface area contributed by atoms with Crippen LogP contribution in [0, 0.1) is 6.92 Å². The molecule has 1 unspecified atom stereocenters. The summed E-state index contributed by atoms with van der Waals surface area (Å²) in [5, 5.41) is 12.3. The van der Waals surface area contributed by atoms with Gasteiger partial charge in [-0.15, -0.1) is 11.3 Å². The Morgan fingerprint density at radius 2 is 2.04 bits per heavy atom. The van der Waals surface area contributed by atoms with Crippen molar-refractivity contribution < 1.29 is 5.11 Å². The van der Waals surface area contributed by atoms with Crippen molar-refractivity contribution in [2.75, 3.05) is 17.2 Å². The third-order valence-corrected chi connectivity index (χ3v) is 6.56. The lowest BCUT2D eigenvalue weighted by molar-refractivity contribution is 0.102. The van der Waals surface area contributed by atoms with Crippen molar-refractivity contribution in [1.82, 2.24) is 15.0 Å². The van der Waals surface area contributed by atoms with E-state index in [-0.39, 0.29) is 11.4 Å². The van der Waals surface area contributed by atoms with Crippen LogP contribution in [0.2, 0.25) is 5.02 Å². The van der Waals surface area contributed by atoms with E-state index in [2.05, 4.69) is 34.9 Å². The van der Waals surface area contributed by atoms with Gasteiger partial charge in [-0.05, 0) is 31.0 Å². The van der Waals surface area contributed by atoms with Crippen LogP contribution < -0.4 is 10.6 Å². The van der Waals surface area contributed by atoms with E-state index in [4.69, 9.17) is 17.3 Å². The summed E-state index contributed by atoms with van der Waals surface area (Å²) in [6.07, 6.45) is 3.29. The highest BCUT2D eigenvalue weighted by Gasteiger charge is 2.39. The molecule has 0 saturated carbocycles. The lowest BCUT2D eigenvalue weighted by Gasteiger charge is -2.24. The van der Waals surface area contributed by atoms with Gasteiger partial charge in [-0.1, -0.05) is 37.6 Å². The summed E-state index contributed by atoms with van der Waals surface area (Å²) >= 11 is 7.88. The molecule has 146 valence electrons. The summed E-state index contributed by atoms with van der Waals surface area (Å²) < 4.78 is 0. The minimum Gasteiger partial charge on any atom is -0.378 e. The molecule has 28 heavy (non-hydrogen) atoms. The summed E-state index contributed by atoms with van der Waals surface area (Å²) in [7, 11) is 0. The average molecular weight is 416 g/mol. The first-order chi connectivity index (χ1) is 13.1. The minimum absolute atomic E-state index is 0.111. The second kappa shape index (κ2) is 6.40. The lowest BCUT2D eigenvalue weighted by Crippen LogP contribution is -2.26. The number of nitrogen functional groups attached to an aromatic ring is 1. The largest absolute Gasteiger partial charge is 0.378 e. The van der Waals surface area contributed by atoms with Gasteiger partial charge >= 0.3 is 0 Å². The molecule has 0 bridgehead atoms. The molecule has 0 spiro atoms. The maximum atomic E-state index is 11.2. The van der Waals surface area contributed by atoms with E-state index < -0.39 is 5.60 Å². The summed E-state index contributed by atoms with van der Waals surface area (Å²) in [6.45, 7) is 8.79. The van der Waals surface area contributed by atoms with Gasteiger partial charge in [0, 0.05) is 28.7 Å². The van der Waals surface area contributed by atoms with Crippen LogP contribution in [0.25, 0.3) is 0 Å². The van der Waals surface area contributed by atoms with Crippen molar-refractivity contribution in [2.24, 2.45) is 0 Å². The van der Waals surface area contributed by atoms with E-state index in [1.54, 1.807) is 13.1 Å². The van der Waals surface area contributed by atoms with Crippen molar-refractivity contribution in [3.8, 4) is 0 Å². The predicted octanol–water partition coefficient (Wildman–Crippen LogP) is 4.16. The van der Waals surface area contributed by atoms with Gasteiger partial charge < -0.3 is 15.7 Å². The van der Waals surface area contributed by atoms with Crippen LogP contribution in [0.15, 0.2) is 30.6 Å². The minimum atomic E-state index is -1.19. The van der Waals surface area contributed by atoms with E-state index in [0.717, 1.165) is 21.7 Å². The van der Waals surface area contributed by atoms with Gasteiger partial charge in [0.2, 0.25) is 5.95 Å². The van der Waals surface area contributed by atoms with Crippen LogP contribution in [0.3, 0.4) is 0 Å². The van der Waals surface area contributed by atoms with Gasteiger partial charge in [0.15, 0.2) is 5.82 Å². The number of hydrogen-bond donors (Lipinski definition) is 2. The highest BCUT2D eigenvalue weighted by molar-refractivity contribution is 7.11. The summed E-state index contributed by atoms with van der Waals surface area (Å²) in [5.41, 5.74) is 7.38. The van der Waals surface area contributed by atoms with Crippen LogP contribution in [0.1, 0.15) is 41.8 Å². The monoisotopic (exact) mass is 415 g/mol. The number of nitrogens with zero attached hydrogens (tertiary/aromatic N) is 4. The van der Waals surface area contributed by atoms with Crippen molar-refractivity contribution in [1.29, 1.82) is 0 Å². The molecular formula is C20H22ClN5OS. The Balaban J connectivity index is 1.85. The maximum absolute atomic E-state index is 11.2. The number of anilines is 3. The molecule has 4 rings (SSSR count).